The van der Waals surface area contributed by atoms with Crippen molar-refractivity contribution in [3.63, 3.8) is 0 Å². The van der Waals surface area contributed by atoms with Gasteiger partial charge in [-0.05, 0) is 42.5 Å². The zero-order valence-corrected chi connectivity index (χ0v) is 19.1. The van der Waals surface area contributed by atoms with Gasteiger partial charge in [-0.1, -0.05) is 42.5 Å². The lowest BCUT2D eigenvalue weighted by molar-refractivity contribution is -0.274. The molecule has 6 nitrogen and oxygen atoms in total. The number of carbonyl (C=O) groups is 1. The molecular weight excluding hydrogens is 445 g/mol. The summed E-state index contributed by atoms with van der Waals surface area (Å²) in [5, 5.41) is 7.94. The van der Waals surface area contributed by atoms with E-state index in [0.29, 0.717) is 30.8 Å². The Morgan fingerprint density at radius 2 is 1.91 bits per heavy atom. The molecule has 0 unspecified atom stereocenters. The van der Waals surface area contributed by atoms with Crippen molar-refractivity contribution in [3.05, 3.63) is 82.7 Å². The molecule has 0 bridgehead atoms. The van der Waals surface area contributed by atoms with E-state index in [-0.39, 0.29) is 17.7 Å². The highest BCUT2D eigenvalue weighted by Crippen LogP contribution is 2.27. The number of rotatable bonds is 7. The number of nitrogens with zero attached hydrogens (tertiary/aromatic N) is 3. The van der Waals surface area contributed by atoms with E-state index in [1.165, 1.54) is 18.2 Å². The number of aryl methyl sites for hydroxylation is 1. The maximum absolute atomic E-state index is 13.2. The highest BCUT2D eigenvalue weighted by molar-refractivity contribution is 5.94. The highest BCUT2D eigenvalue weighted by atomic mass is 19.4. The number of hydrogen-bond donors (Lipinski definition) is 1. The van der Waals surface area contributed by atoms with Gasteiger partial charge in [-0.3, -0.25) is 9.48 Å². The first-order valence-corrected chi connectivity index (χ1v) is 11.1. The van der Waals surface area contributed by atoms with Crippen LogP contribution in [-0.2, 0) is 33.0 Å². The Kier molecular flexibility index (Phi) is 6.92. The maximum Gasteiger partial charge on any atom is 0.573 e. The standard InChI is InChI=1S/C25H27F3N4O2/c1-31(16-17-7-4-3-5-8-17)24(33)23-21-14-19(11-12-22(21)32(2)30-23)29-15-18-9-6-10-20(13-18)34-25(26,27)28/h3-10,13,19,29H,11-12,14-16H2,1-2H3/t19-/m0/s1. The Morgan fingerprint density at radius 1 is 1.18 bits per heavy atom. The number of alkyl halides is 3. The van der Waals surface area contributed by atoms with Gasteiger partial charge in [-0.2, -0.15) is 5.10 Å². The molecule has 3 aromatic rings. The van der Waals surface area contributed by atoms with Crippen LogP contribution in [-0.4, -0.2) is 40.0 Å². The molecule has 1 aromatic heterocycles. The minimum Gasteiger partial charge on any atom is -0.406 e. The van der Waals surface area contributed by atoms with Gasteiger partial charge in [-0.15, -0.1) is 13.2 Å². The molecule has 0 saturated carbocycles. The number of aromatic nitrogens is 2. The van der Waals surface area contributed by atoms with E-state index in [9.17, 15) is 18.0 Å². The molecule has 4 rings (SSSR count). The van der Waals surface area contributed by atoms with Crippen LogP contribution >= 0.6 is 0 Å². The number of nitrogens with one attached hydrogen (secondary N) is 1. The third kappa shape index (κ3) is 5.77. The molecule has 1 N–H and O–H groups in total. The molecule has 1 heterocycles. The molecule has 0 spiro atoms. The SMILES string of the molecule is CN(Cc1ccccc1)C(=O)c1nn(C)c2c1C[C@@H](NCc1cccc(OC(F)(F)F)c1)CC2. The summed E-state index contributed by atoms with van der Waals surface area (Å²) in [6, 6.07) is 15.8. The summed E-state index contributed by atoms with van der Waals surface area (Å²) in [5.74, 6) is -0.363. The second-order valence-corrected chi connectivity index (χ2v) is 8.56. The zero-order chi connectivity index (χ0) is 24.3. The number of fused-ring (bicyclic) bond motifs is 1. The normalized spacial score (nSPS) is 15.6. The molecule has 1 atom stereocenters. The Morgan fingerprint density at radius 3 is 2.65 bits per heavy atom. The first-order chi connectivity index (χ1) is 16.2. The zero-order valence-electron chi connectivity index (χ0n) is 19.1. The molecule has 0 radical (unpaired) electrons. The van der Waals surface area contributed by atoms with Gasteiger partial charge in [-0.25, -0.2) is 0 Å². The lowest BCUT2D eigenvalue weighted by Crippen LogP contribution is -2.35. The highest BCUT2D eigenvalue weighted by Gasteiger charge is 2.31. The second-order valence-electron chi connectivity index (χ2n) is 8.56. The van der Waals surface area contributed by atoms with E-state index < -0.39 is 6.36 Å². The van der Waals surface area contributed by atoms with Gasteiger partial charge in [0, 0.05) is 44.5 Å². The topological polar surface area (TPSA) is 59.4 Å². The predicted octanol–water partition coefficient (Wildman–Crippen LogP) is 4.24. The van der Waals surface area contributed by atoms with E-state index in [0.717, 1.165) is 29.7 Å². The van der Waals surface area contributed by atoms with Gasteiger partial charge in [0.15, 0.2) is 5.69 Å². The third-order valence-corrected chi connectivity index (χ3v) is 5.99. The lowest BCUT2D eigenvalue weighted by atomic mass is 9.91. The summed E-state index contributed by atoms with van der Waals surface area (Å²) in [6.07, 6.45) is -2.48. The van der Waals surface area contributed by atoms with Crippen LogP contribution < -0.4 is 10.1 Å². The molecule has 1 amide bonds. The van der Waals surface area contributed by atoms with Crippen molar-refractivity contribution in [2.24, 2.45) is 7.05 Å². The molecule has 1 aliphatic carbocycles. The molecule has 9 heteroatoms. The van der Waals surface area contributed by atoms with Crippen LogP contribution in [0.1, 0.15) is 39.3 Å². The Bertz CT molecular complexity index is 1140. The molecule has 0 aliphatic heterocycles. The smallest absolute Gasteiger partial charge is 0.406 e. The third-order valence-electron chi connectivity index (χ3n) is 5.99. The van der Waals surface area contributed by atoms with Crippen molar-refractivity contribution in [2.45, 2.75) is 44.8 Å². The number of ether oxygens (including phenoxy) is 1. The van der Waals surface area contributed by atoms with Crippen molar-refractivity contribution in [1.29, 1.82) is 0 Å². The van der Waals surface area contributed by atoms with Gasteiger partial charge in [0.25, 0.3) is 5.91 Å². The van der Waals surface area contributed by atoms with Crippen LogP contribution in [0.5, 0.6) is 5.75 Å². The average molecular weight is 473 g/mol. The average Bonchev–Trinajstić information content (AvgIpc) is 3.12. The number of carbonyl (C=O) groups excluding carboxylic acids is 1. The summed E-state index contributed by atoms with van der Waals surface area (Å²) < 4.78 is 43.3. The Hall–Kier alpha value is -3.33. The minimum atomic E-state index is -4.72. The van der Waals surface area contributed by atoms with Crippen molar-refractivity contribution >= 4 is 5.91 Å². The summed E-state index contributed by atoms with van der Waals surface area (Å²) >= 11 is 0. The molecule has 1 aliphatic rings. The summed E-state index contributed by atoms with van der Waals surface area (Å²) in [6.45, 7) is 0.884. The predicted molar refractivity (Wildman–Crippen MR) is 121 cm³/mol. The van der Waals surface area contributed by atoms with Crippen LogP contribution in [0, 0.1) is 0 Å². The van der Waals surface area contributed by atoms with Crippen LogP contribution in [0.3, 0.4) is 0 Å². The van der Waals surface area contributed by atoms with E-state index >= 15 is 0 Å². The van der Waals surface area contributed by atoms with Gasteiger partial charge < -0.3 is 15.0 Å². The van der Waals surface area contributed by atoms with Crippen LogP contribution in [0.4, 0.5) is 13.2 Å². The van der Waals surface area contributed by atoms with Gasteiger partial charge >= 0.3 is 6.36 Å². The quantitative estimate of drug-likeness (QED) is 0.559. The second kappa shape index (κ2) is 9.89. The molecule has 0 fully saturated rings. The monoisotopic (exact) mass is 472 g/mol. The fourth-order valence-electron chi connectivity index (χ4n) is 4.36. The number of benzene rings is 2. The fraction of sp³-hybridized carbons (Fsp3) is 0.360. The first-order valence-electron chi connectivity index (χ1n) is 11.1. The van der Waals surface area contributed by atoms with E-state index in [1.54, 1.807) is 22.7 Å². The number of halogens is 3. The Balaban J connectivity index is 1.42. The number of hydrogen-bond acceptors (Lipinski definition) is 4. The Labute approximate surface area is 196 Å². The first kappa shape index (κ1) is 23.8. The fourth-order valence-corrected chi connectivity index (χ4v) is 4.36. The lowest BCUT2D eigenvalue weighted by Gasteiger charge is -2.25. The van der Waals surface area contributed by atoms with Crippen LogP contribution in [0.25, 0.3) is 0 Å². The molecule has 34 heavy (non-hydrogen) atoms. The summed E-state index contributed by atoms with van der Waals surface area (Å²) in [7, 11) is 3.62. The maximum atomic E-state index is 13.2. The number of amides is 1. The van der Waals surface area contributed by atoms with Gasteiger partial charge in [0.1, 0.15) is 5.75 Å². The van der Waals surface area contributed by atoms with Crippen molar-refractivity contribution in [2.75, 3.05) is 7.05 Å². The largest absolute Gasteiger partial charge is 0.573 e. The van der Waals surface area contributed by atoms with Crippen LogP contribution in [0.15, 0.2) is 54.6 Å². The minimum absolute atomic E-state index is 0.0786. The van der Waals surface area contributed by atoms with E-state index in [1.807, 2.05) is 37.4 Å². The summed E-state index contributed by atoms with van der Waals surface area (Å²) in [4.78, 5) is 14.9. The molecule has 0 saturated heterocycles. The molecule has 2 aromatic carbocycles. The molecular formula is C25H27F3N4O2. The summed E-state index contributed by atoms with van der Waals surface area (Å²) in [5.41, 5.74) is 4.18. The van der Waals surface area contributed by atoms with Crippen LogP contribution in [0.2, 0.25) is 0 Å². The molecule has 180 valence electrons. The van der Waals surface area contributed by atoms with E-state index in [4.69, 9.17) is 0 Å². The van der Waals surface area contributed by atoms with Crippen molar-refractivity contribution in [3.8, 4) is 5.75 Å². The van der Waals surface area contributed by atoms with Crippen molar-refractivity contribution < 1.29 is 22.7 Å². The van der Waals surface area contributed by atoms with E-state index in [2.05, 4.69) is 15.2 Å². The van der Waals surface area contributed by atoms with Gasteiger partial charge in [0.2, 0.25) is 0 Å². The van der Waals surface area contributed by atoms with Gasteiger partial charge in [0.05, 0.1) is 0 Å². The van der Waals surface area contributed by atoms with Crippen molar-refractivity contribution in [1.82, 2.24) is 20.0 Å².